The van der Waals surface area contributed by atoms with Crippen LogP contribution < -0.4 is 10.2 Å². The van der Waals surface area contributed by atoms with Crippen molar-refractivity contribution in [1.82, 2.24) is 9.88 Å². The molecule has 0 unspecified atom stereocenters. The molecule has 1 N–H and O–H groups in total. The third-order valence-corrected chi connectivity index (χ3v) is 10.8. The summed E-state index contributed by atoms with van der Waals surface area (Å²) < 4.78 is 0. The minimum atomic E-state index is -0.121. The van der Waals surface area contributed by atoms with E-state index >= 15 is 0 Å². The summed E-state index contributed by atoms with van der Waals surface area (Å²) >= 11 is 0. The van der Waals surface area contributed by atoms with Crippen LogP contribution in [0.2, 0.25) is 0 Å². The van der Waals surface area contributed by atoms with Gasteiger partial charge in [0.2, 0.25) is 0 Å². The fraction of sp³-hybridized carbons (Fsp3) is 0.606. The third kappa shape index (κ3) is 4.49. The van der Waals surface area contributed by atoms with Crippen molar-refractivity contribution >= 4 is 23.2 Å². The van der Waals surface area contributed by atoms with Gasteiger partial charge in [0.05, 0.1) is 6.54 Å². The van der Waals surface area contributed by atoms with E-state index in [4.69, 9.17) is 4.98 Å². The Bertz CT molecular complexity index is 1240. The van der Waals surface area contributed by atoms with Gasteiger partial charge in [-0.15, -0.1) is 0 Å². The Morgan fingerprint density at radius 3 is 2.74 bits per heavy atom. The lowest BCUT2D eigenvalue weighted by Gasteiger charge is -2.52. The number of anilines is 2. The number of ketones is 2. The average Bonchev–Trinajstić information content (AvgIpc) is 3.20. The highest BCUT2D eigenvalue weighted by Gasteiger charge is 2.59. The number of nitrogens with one attached hydrogen (secondary N) is 1. The molecule has 6 heteroatoms. The van der Waals surface area contributed by atoms with Crippen molar-refractivity contribution in [3.05, 3.63) is 53.6 Å². The number of nitrogens with zero attached hydrogens (tertiary/aromatic N) is 3. The van der Waals surface area contributed by atoms with E-state index in [0.717, 1.165) is 70.0 Å². The molecule has 2 heterocycles. The lowest BCUT2D eigenvalue weighted by atomic mass is 9.52. The lowest BCUT2D eigenvalue weighted by molar-refractivity contribution is -0.129. The first-order valence-electron chi connectivity index (χ1n) is 15.1. The number of rotatable bonds is 6. The molecule has 6 nitrogen and oxygen atoms in total. The van der Waals surface area contributed by atoms with Crippen LogP contribution >= 0.6 is 0 Å². The number of Topliss-reactive ketones (excluding diaryl/α,β-unsaturated/α-hetero) is 1. The van der Waals surface area contributed by atoms with Gasteiger partial charge in [-0.1, -0.05) is 43.2 Å². The van der Waals surface area contributed by atoms with Crippen LogP contribution in [-0.2, 0) is 9.59 Å². The maximum absolute atomic E-state index is 14.0. The monoisotopic (exact) mass is 528 g/mol. The van der Waals surface area contributed by atoms with Crippen molar-refractivity contribution in [3.8, 4) is 0 Å². The van der Waals surface area contributed by atoms with Gasteiger partial charge in [0.25, 0.3) is 0 Å². The molecule has 39 heavy (non-hydrogen) atoms. The van der Waals surface area contributed by atoms with E-state index in [1.807, 2.05) is 12.1 Å². The van der Waals surface area contributed by atoms with Crippen molar-refractivity contribution in [2.24, 2.45) is 34.5 Å². The number of allylic oxidation sites excluding steroid dienone is 6. The van der Waals surface area contributed by atoms with Crippen LogP contribution in [0.3, 0.4) is 0 Å². The second-order valence-electron chi connectivity index (χ2n) is 13.1. The van der Waals surface area contributed by atoms with Gasteiger partial charge < -0.3 is 10.2 Å². The summed E-state index contributed by atoms with van der Waals surface area (Å²) in [5.41, 5.74) is 2.69. The molecule has 1 saturated heterocycles. The summed E-state index contributed by atoms with van der Waals surface area (Å²) in [4.78, 5) is 35.5. The van der Waals surface area contributed by atoms with Gasteiger partial charge in [-0.2, -0.15) is 0 Å². The Kier molecular flexibility index (Phi) is 6.81. The highest BCUT2D eigenvalue weighted by molar-refractivity contribution is 6.01. The Hall–Kier alpha value is -2.73. The predicted molar refractivity (Wildman–Crippen MR) is 157 cm³/mol. The number of hydrogen-bond acceptors (Lipinski definition) is 6. The Morgan fingerprint density at radius 1 is 1.18 bits per heavy atom. The van der Waals surface area contributed by atoms with Crippen LogP contribution in [0.5, 0.6) is 0 Å². The zero-order valence-electron chi connectivity index (χ0n) is 24.1. The number of aromatic nitrogens is 1. The van der Waals surface area contributed by atoms with E-state index in [1.54, 1.807) is 6.08 Å². The molecule has 0 radical (unpaired) electrons. The number of hydrogen-bond donors (Lipinski definition) is 1. The van der Waals surface area contributed by atoms with Gasteiger partial charge in [-0.25, -0.2) is 4.98 Å². The second kappa shape index (κ2) is 10.0. The van der Waals surface area contributed by atoms with E-state index in [1.165, 1.54) is 11.1 Å². The van der Waals surface area contributed by atoms with Crippen molar-refractivity contribution in [2.75, 3.05) is 49.5 Å². The molecular weight excluding hydrogens is 484 g/mol. The molecule has 0 amide bonds. The second-order valence-corrected chi connectivity index (χ2v) is 13.1. The molecule has 0 spiro atoms. The molecular formula is C33H44N4O2. The summed E-state index contributed by atoms with van der Waals surface area (Å²) in [7, 11) is 0. The van der Waals surface area contributed by atoms with Crippen LogP contribution in [0.4, 0.5) is 11.6 Å². The van der Waals surface area contributed by atoms with Crippen LogP contribution in [0.15, 0.2) is 53.6 Å². The number of fused-ring (bicyclic) bond motifs is 5. The minimum Gasteiger partial charge on any atom is -0.370 e. The zero-order valence-corrected chi connectivity index (χ0v) is 24.1. The number of pyridine rings is 1. The predicted octanol–water partition coefficient (Wildman–Crippen LogP) is 5.29. The van der Waals surface area contributed by atoms with Crippen LogP contribution in [0, 0.1) is 34.5 Å². The standard InChI is InChI=1S/C33H44N4O2/c1-5-34-29-7-6-8-30(35-29)37-17-15-36(16-18-37)21-28(39)31-22(2)19-27-25-10-9-23-20-24(38)11-13-32(23,3)26(25)12-14-33(27,31)4/h6-8,11-13,20,22,25,27,31H,5,9-10,14-19,21H2,1-4H3,(H,34,35)/t22-,25-,27+,31-,32+,33+/m1/s1. The Balaban J connectivity index is 1.13. The molecule has 208 valence electrons. The molecule has 6 atom stereocenters. The van der Waals surface area contributed by atoms with Gasteiger partial charge in [-0.3, -0.25) is 14.5 Å². The fourth-order valence-corrected chi connectivity index (χ4v) is 8.91. The summed E-state index contributed by atoms with van der Waals surface area (Å²) in [5, 5.41) is 3.30. The van der Waals surface area contributed by atoms with E-state index in [-0.39, 0.29) is 22.5 Å². The van der Waals surface area contributed by atoms with Gasteiger partial charge in [0.1, 0.15) is 11.6 Å². The first kappa shape index (κ1) is 26.5. The number of carbonyl (C=O) groups excluding carboxylic acids is 2. The molecule has 3 fully saturated rings. The summed E-state index contributed by atoms with van der Waals surface area (Å²) in [6.45, 7) is 14.1. The van der Waals surface area contributed by atoms with Crippen molar-refractivity contribution < 1.29 is 9.59 Å². The van der Waals surface area contributed by atoms with Crippen LogP contribution in [-0.4, -0.2) is 60.7 Å². The molecule has 4 aliphatic carbocycles. The minimum absolute atomic E-state index is 0.0227. The average molecular weight is 529 g/mol. The molecule has 0 bridgehead atoms. The van der Waals surface area contributed by atoms with Gasteiger partial charge in [-0.05, 0) is 87.0 Å². The lowest BCUT2D eigenvalue weighted by Crippen LogP contribution is -2.50. The molecule has 2 saturated carbocycles. The molecule has 6 rings (SSSR count). The Morgan fingerprint density at radius 2 is 1.97 bits per heavy atom. The SMILES string of the molecule is CCNc1cccc(N2CCN(CC(=O)[C@H]3[C@H](C)C[C@H]4[C@@H]5CCC6=CC(=O)C=C[C@]6(C)C5=CC[C@@]43C)CC2)n1. The highest BCUT2D eigenvalue weighted by atomic mass is 16.1. The smallest absolute Gasteiger partial charge is 0.178 e. The summed E-state index contributed by atoms with van der Waals surface area (Å²) in [5.74, 6) is 4.08. The van der Waals surface area contributed by atoms with Crippen molar-refractivity contribution in [2.45, 2.75) is 53.4 Å². The van der Waals surface area contributed by atoms with Crippen molar-refractivity contribution in [3.63, 3.8) is 0 Å². The van der Waals surface area contributed by atoms with Crippen LogP contribution in [0.1, 0.15) is 53.4 Å². The first-order valence-corrected chi connectivity index (χ1v) is 15.1. The summed E-state index contributed by atoms with van der Waals surface area (Å²) in [6, 6.07) is 6.16. The maximum atomic E-state index is 14.0. The molecule has 5 aliphatic rings. The Labute approximate surface area is 233 Å². The maximum Gasteiger partial charge on any atom is 0.178 e. The first-order chi connectivity index (χ1) is 18.7. The van der Waals surface area contributed by atoms with E-state index in [0.29, 0.717) is 30.1 Å². The quantitative estimate of drug-likeness (QED) is 0.506. The topological polar surface area (TPSA) is 65.5 Å². The third-order valence-electron chi connectivity index (χ3n) is 10.8. The largest absolute Gasteiger partial charge is 0.370 e. The van der Waals surface area contributed by atoms with E-state index in [2.05, 4.69) is 67.1 Å². The normalized spacial score (nSPS) is 36.0. The zero-order chi connectivity index (χ0) is 27.4. The van der Waals surface area contributed by atoms with Gasteiger partial charge in [0, 0.05) is 44.1 Å². The molecule has 0 aromatic carbocycles. The van der Waals surface area contributed by atoms with Gasteiger partial charge >= 0.3 is 0 Å². The van der Waals surface area contributed by atoms with E-state index < -0.39 is 0 Å². The van der Waals surface area contributed by atoms with E-state index in [9.17, 15) is 9.59 Å². The molecule has 1 aromatic rings. The summed E-state index contributed by atoms with van der Waals surface area (Å²) in [6.07, 6.45) is 12.5. The van der Waals surface area contributed by atoms with Crippen molar-refractivity contribution in [1.29, 1.82) is 0 Å². The fourth-order valence-electron chi connectivity index (χ4n) is 8.91. The number of piperazine rings is 1. The van der Waals surface area contributed by atoms with Crippen LogP contribution in [0.25, 0.3) is 0 Å². The molecule has 1 aliphatic heterocycles. The van der Waals surface area contributed by atoms with Gasteiger partial charge in [0.15, 0.2) is 11.6 Å². The highest BCUT2D eigenvalue weighted by Crippen LogP contribution is 2.65. The number of carbonyl (C=O) groups is 2. The molecule has 1 aromatic heterocycles.